The second-order valence-electron chi connectivity index (χ2n) is 9.80. The van der Waals surface area contributed by atoms with Crippen molar-refractivity contribution in [3.63, 3.8) is 0 Å². The van der Waals surface area contributed by atoms with E-state index in [4.69, 9.17) is 0 Å². The van der Waals surface area contributed by atoms with Gasteiger partial charge in [-0.25, -0.2) is 18.2 Å². The van der Waals surface area contributed by atoms with Crippen molar-refractivity contribution in [2.45, 2.75) is 45.0 Å². The fraction of sp³-hybridized carbons (Fsp3) is 0.310. The number of carbonyl (C=O) groups excluding carboxylic acids is 1. The quantitative estimate of drug-likeness (QED) is 0.255. The van der Waals surface area contributed by atoms with Gasteiger partial charge in [0, 0.05) is 31.9 Å². The number of hydrogen-bond acceptors (Lipinski definition) is 4. The van der Waals surface area contributed by atoms with E-state index in [1.807, 2.05) is 6.92 Å². The predicted octanol–water partition coefficient (Wildman–Crippen LogP) is 6.53. The first kappa shape index (κ1) is 28.3. The van der Waals surface area contributed by atoms with Gasteiger partial charge in [-0.2, -0.15) is 0 Å². The van der Waals surface area contributed by atoms with E-state index in [0.717, 1.165) is 5.56 Å². The molecule has 4 aromatic rings. The van der Waals surface area contributed by atoms with Gasteiger partial charge in [-0.3, -0.25) is 9.20 Å². The molecule has 12 heteroatoms. The Balaban J connectivity index is 1.22. The molecule has 1 N–H and O–H groups in total. The van der Waals surface area contributed by atoms with Crippen LogP contribution >= 0.6 is 0 Å². The molecule has 0 atom stereocenters. The minimum absolute atomic E-state index is 0.0240. The number of pyridine rings is 1. The van der Waals surface area contributed by atoms with Gasteiger partial charge in [0.15, 0.2) is 0 Å². The number of halogens is 6. The standard InChI is InChI=1S/C29H26F6N4O2/c1-2-24-27(39-12-9-20(30)15-25(39)37-24)28(40)36-16-17-13-22(31)26(23(32)14-17)38-10-7-19(8-11-38)18-3-5-21(6-4-18)41-29(33,34)35/h3-6,9,12-15,19H,2,7-8,10-11,16H2,1H3,(H,36,40). The summed E-state index contributed by atoms with van der Waals surface area (Å²) in [6.45, 7) is 2.37. The molecule has 1 aliphatic heterocycles. The topological polar surface area (TPSA) is 58.9 Å². The van der Waals surface area contributed by atoms with Gasteiger partial charge in [0.2, 0.25) is 0 Å². The monoisotopic (exact) mass is 576 g/mol. The van der Waals surface area contributed by atoms with E-state index in [1.54, 1.807) is 17.0 Å². The Morgan fingerprint density at radius 3 is 2.29 bits per heavy atom. The summed E-state index contributed by atoms with van der Waals surface area (Å²) in [7, 11) is 0. The maximum atomic E-state index is 15.1. The summed E-state index contributed by atoms with van der Waals surface area (Å²) < 4.78 is 86.4. The van der Waals surface area contributed by atoms with Crippen molar-refractivity contribution in [2.24, 2.45) is 0 Å². The summed E-state index contributed by atoms with van der Waals surface area (Å²) in [4.78, 5) is 18.8. The van der Waals surface area contributed by atoms with Crippen LogP contribution in [0.3, 0.4) is 0 Å². The van der Waals surface area contributed by atoms with Crippen LogP contribution in [0.2, 0.25) is 0 Å². The molecule has 41 heavy (non-hydrogen) atoms. The van der Waals surface area contributed by atoms with Gasteiger partial charge >= 0.3 is 6.36 Å². The van der Waals surface area contributed by atoms with E-state index in [9.17, 15) is 22.4 Å². The van der Waals surface area contributed by atoms with Gasteiger partial charge in [0.25, 0.3) is 5.91 Å². The van der Waals surface area contributed by atoms with Crippen LogP contribution in [0, 0.1) is 17.5 Å². The van der Waals surface area contributed by atoms with Crippen molar-refractivity contribution < 1.29 is 35.9 Å². The maximum Gasteiger partial charge on any atom is 0.573 e. The van der Waals surface area contributed by atoms with Gasteiger partial charge in [0.05, 0.1) is 5.69 Å². The average molecular weight is 577 g/mol. The first-order valence-corrected chi connectivity index (χ1v) is 13.1. The molecule has 1 aliphatic rings. The van der Waals surface area contributed by atoms with Crippen molar-refractivity contribution >= 4 is 17.2 Å². The fourth-order valence-corrected chi connectivity index (χ4v) is 5.22. The highest BCUT2D eigenvalue weighted by atomic mass is 19.4. The number of ether oxygens (including phenoxy) is 1. The van der Waals surface area contributed by atoms with Crippen molar-refractivity contribution in [1.29, 1.82) is 0 Å². The Morgan fingerprint density at radius 1 is 1.02 bits per heavy atom. The molecule has 1 amide bonds. The van der Waals surface area contributed by atoms with E-state index < -0.39 is 29.7 Å². The Bertz CT molecular complexity index is 1540. The molecule has 0 aliphatic carbocycles. The van der Waals surface area contributed by atoms with Gasteiger partial charge < -0.3 is 15.0 Å². The lowest BCUT2D eigenvalue weighted by atomic mass is 9.89. The molecule has 0 unspecified atom stereocenters. The number of nitrogens with zero attached hydrogens (tertiary/aromatic N) is 3. The molecule has 0 bridgehead atoms. The van der Waals surface area contributed by atoms with Crippen LogP contribution in [0.1, 0.15) is 53.0 Å². The smallest absolute Gasteiger partial charge is 0.406 e. The number of alkyl halides is 3. The number of piperidine rings is 1. The number of aryl methyl sites for hydroxylation is 1. The molecule has 2 aromatic heterocycles. The molecular weight excluding hydrogens is 550 g/mol. The molecular formula is C29H26F6N4O2. The van der Waals surface area contributed by atoms with E-state index in [-0.39, 0.29) is 40.8 Å². The van der Waals surface area contributed by atoms with Gasteiger partial charge in [-0.15, -0.1) is 13.2 Å². The van der Waals surface area contributed by atoms with Crippen molar-refractivity contribution in [3.05, 3.63) is 94.7 Å². The lowest BCUT2D eigenvalue weighted by molar-refractivity contribution is -0.274. The third kappa shape index (κ3) is 6.26. The molecule has 2 aromatic carbocycles. The number of benzene rings is 2. The molecule has 6 nitrogen and oxygen atoms in total. The largest absolute Gasteiger partial charge is 0.573 e. The van der Waals surface area contributed by atoms with Gasteiger partial charge in [0.1, 0.15) is 40.2 Å². The Labute approximate surface area is 231 Å². The van der Waals surface area contributed by atoms with Crippen LogP contribution in [-0.4, -0.2) is 34.7 Å². The number of hydrogen-bond donors (Lipinski definition) is 1. The predicted molar refractivity (Wildman–Crippen MR) is 139 cm³/mol. The highest BCUT2D eigenvalue weighted by Crippen LogP contribution is 2.34. The number of fused-ring (bicyclic) bond motifs is 1. The highest BCUT2D eigenvalue weighted by Gasteiger charge is 2.31. The summed E-state index contributed by atoms with van der Waals surface area (Å²) in [5, 5.41) is 2.66. The molecule has 3 heterocycles. The van der Waals surface area contributed by atoms with E-state index >= 15 is 8.78 Å². The first-order valence-electron chi connectivity index (χ1n) is 13.1. The highest BCUT2D eigenvalue weighted by molar-refractivity contribution is 5.94. The number of imidazole rings is 1. The SMILES string of the molecule is CCc1nc2cc(F)ccn2c1C(=O)NCc1cc(F)c(N2CCC(c3ccc(OC(F)(F)F)cc3)CC2)c(F)c1. The van der Waals surface area contributed by atoms with Crippen molar-refractivity contribution in [1.82, 2.24) is 14.7 Å². The lowest BCUT2D eigenvalue weighted by Gasteiger charge is -2.34. The van der Waals surface area contributed by atoms with Gasteiger partial charge in [-0.1, -0.05) is 19.1 Å². The zero-order valence-corrected chi connectivity index (χ0v) is 21.9. The van der Waals surface area contributed by atoms with Crippen LogP contribution in [-0.2, 0) is 13.0 Å². The Morgan fingerprint density at radius 2 is 1.68 bits per heavy atom. The third-order valence-electron chi connectivity index (χ3n) is 7.14. The second-order valence-corrected chi connectivity index (χ2v) is 9.80. The molecule has 0 saturated carbocycles. The number of amides is 1. The van der Waals surface area contributed by atoms with E-state index in [2.05, 4.69) is 15.0 Å². The normalized spacial score (nSPS) is 14.5. The zero-order valence-electron chi connectivity index (χ0n) is 21.9. The number of rotatable bonds is 7. The number of anilines is 1. The minimum atomic E-state index is -4.77. The molecule has 216 valence electrons. The molecule has 5 rings (SSSR count). The van der Waals surface area contributed by atoms with Gasteiger partial charge in [-0.05, 0) is 66.6 Å². The number of aromatic nitrogens is 2. The van der Waals surface area contributed by atoms with Crippen LogP contribution in [0.5, 0.6) is 5.75 Å². The summed E-state index contributed by atoms with van der Waals surface area (Å²) in [6, 6.07) is 10.4. The summed E-state index contributed by atoms with van der Waals surface area (Å²) in [5.74, 6) is -2.80. The second kappa shape index (κ2) is 11.3. The Hall–Kier alpha value is -4.22. The van der Waals surface area contributed by atoms with Crippen LogP contribution in [0.4, 0.5) is 32.0 Å². The summed E-state index contributed by atoms with van der Waals surface area (Å²) in [5.41, 5.74) is 1.87. The first-order chi connectivity index (χ1) is 19.5. The molecule has 1 fully saturated rings. The number of nitrogens with one attached hydrogen (secondary N) is 1. The van der Waals surface area contributed by atoms with Crippen molar-refractivity contribution in [2.75, 3.05) is 18.0 Å². The molecule has 0 radical (unpaired) electrons. The van der Waals surface area contributed by atoms with Crippen LogP contribution in [0.15, 0.2) is 54.7 Å². The average Bonchev–Trinajstić information content (AvgIpc) is 3.29. The molecule has 0 spiro atoms. The van der Waals surface area contributed by atoms with E-state index in [1.165, 1.54) is 47.0 Å². The molecule has 1 saturated heterocycles. The number of carbonyl (C=O) groups is 1. The maximum absolute atomic E-state index is 15.1. The van der Waals surface area contributed by atoms with Crippen LogP contribution in [0.25, 0.3) is 5.65 Å². The minimum Gasteiger partial charge on any atom is -0.406 e. The van der Waals surface area contributed by atoms with E-state index in [0.29, 0.717) is 38.0 Å². The summed E-state index contributed by atoms with van der Waals surface area (Å²) >= 11 is 0. The third-order valence-corrected chi connectivity index (χ3v) is 7.14. The van der Waals surface area contributed by atoms with Crippen LogP contribution < -0.4 is 15.0 Å². The Kier molecular flexibility index (Phi) is 7.83. The van der Waals surface area contributed by atoms with Crippen molar-refractivity contribution in [3.8, 4) is 5.75 Å². The lowest BCUT2D eigenvalue weighted by Crippen LogP contribution is -2.34. The zero-order chi connectivity index (χ0) is 29.3. The fourth-order valence-electron chi connectivity index (χ4n) is 5.22. The summed E-state index contributed by atoms with van der Waals surface area (Å²) in [6.07, 6.45) is -1.82.